The predicted octanol–water partition coefficient (Wildman–Crippen LogP) is 3.16. The van der Waals surface area contributed by atoms with E-state index in [2.05, 4.69) is 13.2 Å². The van der Waals surface area contributed by atoms with Gasteiger partial charge in [-0.05, 0) is 27.7 Å². The van der Waals surface area contributed by atoms with Gasteiger partial charge in [0.05, 0.1) is 0 Å². The van der Waals surface area contributed by atoms with Gasteiger partial charge in [0.25, 0.3) is 0 Å². The van der Waals surface area contributed by atoms with Crippen molar-refractivity contribution in [1.29, 1.82) is 0 Å². The van der Waals surface area contributed by atoms with Gasteiger partial charge in [-0.2, -0.15) is 0 Å². The molecule has 0 amide bonds. The SMILES string of the molecule is C=C(C)C.C=C(C)C.[Ti]. The van der Waals surface area contributed by atoms with E-state index < -0.39 is 0 Å². The third-order valence-corrected chi connectivity index (χ3v) is 0. The minimum Gasteiger partial charge on any atom is -0.100 e. The quantitative estimate of drug-likeness (QED) is 0.377. The van der Waals surface area contributed by atoms with Crippen molar-refractivity contribution in [2.75, 3.05) is 0 Å². The molecule has 0 aliphatic rings. The zero-order chi connectivity index (χ0) is 7.15. The first kappa shape index (κ1) is 16.1. The van der Waals surface area contributed by atoms with Crippen molar-refractivity contribution in [1.82, 2.24) is 0 Å². The molecule has 0 heterocycles. The molecule has 52 valence electrons. The average Bonchev–Trinajstić information content (AvgIpc) is 1.25. The Kier molecular flexibility index (Phi) is 19.8. The molecule has 0 radical (unpaired) electrons. The molecular formula is C8H16Ti. The van der Waals surface area contributed by atoms with Crippen molar-refractivity contribution >= 4 is 0 Å². The molecule has 0 aromatic heterocycles. The average molecular weight is 160 g/mol. The van der Waals surface area contributed by atoms with Crippen LogP contribution in [0.3, 0.4) is 0 Å². The minimum absolute atomic E-state index is 0. The number of hydrogen-bond acceptors (Lipinski definition) is 0. The van der Waals surface area contributed by atoms with E-state index in [0.717, 1.165) is 0 Å². The number of rotatable bonds is 0. The van der Waals surface area contributed by atoms with Crippen molar-refractivity contribution in [3.05, 3.63) is 24.3 Å². The van der Waals surface area contributed by atoms with Gasteiger partial charge in [-0.1, -0.05) is 11.1 Å². The summed E-state index contributed by atoms with van der Waals surface area (Å²) >= 11 is 0. The molecule has 0 saturated heterocycles. The van der Waals surface area contributed by atoms with Crippen LogP contribution in [0.5, 0.6) is 0 Å². The van der Waals surface area contributed by atoms with E-state index in [1.165, 1.54) is 11.1 Å². The molecule has 1 heteroatoms. The van der Waals surface area contributed by atoms with Gasteiger partial charge in [0.2, 0.25) is 0 Å². The summed E-state index contributed by atoms with van der Waals surface area (Å²) in [4.78, 5) is 0. The monoisotopic (exact) mass is 160 g/mol. The van der Waals surface area contributed by atoms with Crippen LogP contribution in [-0.4, -0.2) is 0 Å². The summed E-state index contributed by atoms with van der Waals surface area (Å²) in [7, 11) is 0. The van der Waals surface area contributed by atoms with Crippen molar-refractivity contribution in [3.63, 3.8) is 0 Å². The van der Waals surface area contributed by atoms with E-state index in [0.29, 0.717) is 0 Å². The summed E-state index contributed by atoms with van der Waals surface area (Å²) in [5, 5.41) is 0. The Hall–Kier alpha value is 0.194. The maximum Gasteiger partial charge on any atom is 0 e. The van der Waals surface area contributed by atoms with E-state index in [1.54, 1.807) is 0 Å². The second kappa shape index (κ2) is 11.1. The van der Waals surface area contributed by atoms with E-state index in [-0.39, 0.29) is 21.7 Å². The topological polar surface area (TPSA) is 0 Å². The molecule has 0 saturated carbocycles. The van der Waals surface area contributed by atoms with Gasteiger partial charge in [-0.25, -0.2) is 0 Å². The van der Waals surface area contributed by atoms with Crippen molar-refractivity contribution < 1.29 is 21.7 Å². The Balaban J connectivity index is -0.0000000720. The molecule has 0 aromatic rings. The van der Waals surface area contributed by atoms with Crippen LogP contribution in [0, 0.1) is 0 Å². The van der Waals surface area contributed by atoms with Gasteiger partial charge < -0.3 is 0 Å². The first-order valence-corrected chi connectivity index (χ1v) is 2.71. The van der Waals surface area contributed by atoms with E-state index in [9.17, 15) is 0 Å². The number of hydrogen-bond donors (Lipinski definition) is 0. The molecule has 0 rings (SSSR count). The van der Waals surface area contributed by atoms with Crippen LogP contribution in [0.25, 0.3) is 0 Å². The minimum atomic E-state index is 0. The largest absolute Gasteiger partial charge is 0.100 e. The van der Waals surface area contributed by atoms with Crippen LogP contribution in [0.1, 0.15) is 27.7 Å². The van der Waals surface area contributed by atoms with Gasteiger partial charge in [0.1, 0.15) is 0 Å². The molecule has 0 unspecified atom stereocenters. The van der Waals surface area contributed by atoms with Crippen molar-refractivity contribution in [2.24, 2.45) is 0 Å². The summed E-state index contributed by atoms with van der Waals surface area (Å²) in [5.74, 6) is 0. The van der Waals surface area contributed by atoms with Gasteiger partial charge in [-0.15, -0.1) is 13.2 Å². The van der Waals surface area contributed by atoms with Gasteiger partial charge in [0, 0.05) is 21.7 Å². The summed E-state index contributed by atoms with van der Waals surface area (Å²) in [5.41, 5.74) is 2.33. The van der Waals surface area contributed by atoms with E-state index in [1.807, 2.05) is 27.7 Å². The Labute approximate surface area is 73.9 Å². The van der Waals surface area contributed by atoms with Crippen molar-refractivity contribution in [2.45, 2.75) is 27.7 Å². The molecule has 0 atom stereocenters. The second-order valence-corrected chi connectivity index (χ2v) is 2.41. The van der Waals surface area contributed by atoms with Crippen molar-refractivity contribution in [3.8, 4) is 0 Å². The zero-order valence-corrected chi connectivity index (χ0v) is 8.48. The summed E-state index contributed by atoms with van der Waals surface area (Å²) < 4.78 is 0. The standard InChI is InChI=1S/2C4H8.Ti/c2*1-4(2)3;/h2*1H2,2-3H3;. The fraction of sp³-hybridized carbons (Fsp3) is 0.500. The van der Waals surface area contributed by atoms with Gasteiger partial charge in [0.15, 0.2) is 0 Å². The maximum atomic E-state index is 3.56. The van der Waals surface area contributed by atoms with Crippen LogP contribution >= 0.6 is 0 Å². The molecule has 9 heavy (non-hydrogen) atoms. The molecule has 0 bridgehead atoms. The molecule has 0 nitrogen and oxygen atoms in total. The second-order valence-electron chi connectivity index (χ2n) is 2.41. The predicted molar refractivity (Wildman–Crippen MR) is 41.0 cm³/mol. The Morgan fingerprint density at radius 1 is 0.778 bits per heavy atom. The number of allylic oxidation sites excluding steroid dienone is 2. The third kappa shape index (κ3) is 8330. The molecular weight excluding hydrogens is 144 g/mol. The van der Waals surface area contributed by atoms with Crippen LogP contribution in [0.4, 0.5) is 0 Å². The van der Waals surface area contributed by atoms with E-state index >= 15 is 0 Å². The summed E-state index contributed by atoms with van der Waals surface area (Å²) in [6.45, 7) is 15.0. The molecule has 0 aliphatic carbocycles. The van der Waals surface area contributed by atoms with Gasteiger partial charge in [-0.3, -0.25) is 0 Å². The molecule has 0 aliphatic heterocycles. The third-order valence-electron chi connectivity index (χ3n) is 0. The zero-order valence-electron chi connectivity index (χ0n) is 6.91. The van der Waals surface area contributed by atoms with Crippen LogP contribution < -0.4 is 0 Å². The van der Waals surface area contributed by atoms with Crippen LogP contribution in [0.15, 0.2) is 24.3 Å². The summed E-state index contributed by atoms with van der Waals surface area (Å²) in [6.07, 6.45) is 0. The smallest absolute Gasteiger partial charge is 0 e. The van der Waals surface area contributed by atoms with Crippen LogP contribution in [-0.2, 0) is 21.7 Å². The maximum absolute atomic E-state index is 3.56. The van der Waals surface area contributed by atoms with E-state index in [4.69, 9.17) is 0 Å². The molecule has 0 fully saturated rings. The van der Waals surface area contributed by atoms with Gasteiger partial charge >= 0.3 is 0 Å². The first-order valence-electron chi connectivity index (χ1n) is 2.71. The fourth-order valence-electron chi connectivity index (χ4n) is 0. The molecule has 0 N–H and O–H groups in total. The summed E-state index contributed by atoms with van der Waals surface area (Å²) in [6, 6.07) is 0. The normalized spacial score (nSPS) is 5.78. The Morgan fingerprint density at radius 3 is 0.778 bits per heavy atom. The Morgan fingerprint density at radius 2 is 0.778 bits per heavy atom. The first-order chi connectivity index (χ1) is 3.46. The fourth-order valence-corrected chi connectivity index (χ4v) is 0. The molecule has 0 spiro atoms. The molecule has 0 aromatic carbocycles. The Bertz CT molecular complexity index is 62.6. The van der Waals surface area contributed by atoms with Crippen LogP contribution in [0.2, 0.25) is 0 Å².